The standard InChI is InChI=1S/C13H22N2O3/c1-11(16)5-7-18-13-4-3-12(15-10-13)9-14-6-8-17-2/h3-4,10-11,14,16H,5-9H2,1-2H3. The molecule has 0 saturated carbocycles. The Bertz CT molecular complexity index is 315. The minimum Gasteiger partial charge on any atom is -0.492 e. The van der Waals surface area contributed by atoms with Gasteiger partial charge in [-0.15, -0.1) is 0 Å². The van der Waals surface area contributed by atoms with Crippen LogP contribution >= 0.6 is 0 Å². The summed E-state index contributed by atoms with van der Waals surface area (Å²) in [5, 5.41) is 12.3. The van der Waals surface area contributed by atoms with E-state index in [-0.39, 0.29) is 6.10 Å². The molecule has 1 aromatic heterocycles. The fraction of sp³-hybridized carbons (Fsp3) is 0.615. The molecule has 18 heavy (non-hydrogen) atoms. The van der Waals surface area contributed by atoms with Crippen LogP contribution < -0.4 is 10.1 Å². The lowest BCUT2D eigenvalue weighted by atomic mass is 10.3. The van der Waals surface area contributed by atoms with E-state index in [0.29, 0.717) is 19.6 Å². The van der Waals surface area contributed by atoms with Crippen molar-refractivity contribution in [3.05, 3.63) is 24.0 Å². The van der Waals surface area contributed by atoms with Crippen molar-refractivity contribution in [3.8, 4) is 5.75 Å². The highest BCUT2D eigenvalue weighted by Gasteiger charge is 1.99. The monoisotopic (exact) mass is 254 g/mol. The minimum absolute atomic E-state index is 0.331. The van der Waals surface area contributed by atoms with Crippen molar-refractivity contribution in [3.63, 3.8) is 0 Å². The second-order valence-corrected chi connectivity index (χ2v) is 4.14. The van der Waals surface area contributed by atoms with E-state index in [1.807, 2.05) is 12.1 Å². The number of aromatic nitrogens is 1. The highest BCUT2D eigenvalue weighted by molar-refractivity contribution is 5.19. The number of rotatable bonds is 9. The highest BCUT2D eigenvalue weighted by atomic mass is 16.5. The van der Waals surface area contributed by atoms with Crippen molar-refractivity contribution in [2.24, 2.45) is 0 Å². The molecule has 1 aromatic rings. The topological polar surface area (TPSA) is 63.6 Å². The second kappa shape index (κ2) is 8.85. The minimum atomic E-state index is -0.331. The molecule has 0 aromatic carbocycles. The summed E-state index contributed by atoms with van der Waals surface area (Å²) in [6.07, 6.45) is 2.00. The predicted octanol–water partition coefficient (Wildman–Crippen LogP) is 0.967. The van der Waals surface area contributed by atoms with Gasteiger partial charge in [0.25, 0.3) is 0 Å². The molecule has 0 saturated heterocycles. The maximum absolute atomic E-state index is 9.10. The Labute approximate surface area is 108 Å². The van der Waals surface area contributed by atoms with E-state index >= 15 is 0 Å². The Morgan fingerprint density at radius 3 is 2.83 bits per heavy atom. The van der Waals surface area contributed by atoms with Gasteiger partial charge >= 0.3 is 0 Å². The first-order valence-corrected chi connectivity index (χ1v) is 6.18. The zero-order chi connectivity index (χ0) is 13.2. The summed E-state index contributed by atoms with van der Waals surface area (Å²) in [5.74, 6) is 0.733. The lowest BCUT2D eigenvalue weighted by Crippen LogP contribution is -2.19. The molecule has 5 heteroatoms. The first-order chi connectivity index (χ1) is 8.72. The first-order valence-electron chi connectivity index (χ1n) is 6.18. The number of pyridine rings is 1. The van der Waals surface area contributed by atoms with Crippen molar-refractivity contribution in [1.82, 2.24) is 10.3 Å². The third-order valence-corrected chi connectivity index (χ3v) is 2.39. The Balaban J connectivity index is 2.24. The van der Waals surface area contributed by atoms with Gasteiger partial charge in [-0.1, -0.05) is 0 Å². The third kappa shape index (κ3) is 6.54. The Morgan fingerprint density at radius 1 is 1.39 bits per heavy atom. The molecule has 0 bridgehead atoms. The number of nitrogens with one attached hydrogen (secondary N) is 1. The summed E-state index contributed by atoms with van der Waals surface area (Å²) in [7, 11) is 1.68. The van der Waals surface area contributed by atoms with Crippen LogP contribution in [0.3, 0.4) is 0 Å². The normalized spacial score (nSPS) is 12.4. The summed E-state index contributed by atoms with van der Waals surface area (Å²) >= 11 is 0. The number of nitrogens with zero attached hydrogens (tertiary/aromatic N) is 1. The molecular formula is C13H22N2O3. The first kappa shape index (κ1) is 14.9. The summed E-state index contributed by atoms with van der Waals surface area (Å²) in [5.41, 5.74) is 0.967. The van der Waals surface area contributed by atoms with Gasteiger partial charge in [0.2, 0.25) is 0 Å². The van der Waals surface area contributed by atoms with Gasteiger partial charge in [0.1, 0.15) is 5.75 Å². The predicted molar refractivity (Wildman–Crippen MR) is 69.6 cm³/mol. The van der Waals surface area contributed by atoms with Crippen LogP contribution in [0.2, 0.25) is 0 Å². The van der Waals surface area contributed by atoms with Crippen LogP contribution in [0.4, 0.5) is 0 Å². The summed E-state index contributed by atoms with van der Waals surface area (Å²) in [6, 6.07) is 3.82. The molecule has 0 aliphatic rings. The fourth-order valence-electron chi connectivity index (χ4n) is 1.34. The van der Waals surface area contributed by atoms with Gasteiger partial charge in [-0.2, -0.15) is 0 Å². The van der Waals surface area contributed by atoms with Crippen LogP contribution in [-0.4, -0.2) is 43.1 Å². The molecule has 102 valence electrons. The van der Waals surface area contributed by atoms with Gasteiger partial charge in [0, 0.05) is 26.6 Å². The van der Waals surface area contributed by atoms with E-state index in [4.69, 9.17) is 14.6 Å². The molecule has 2 N–H and O–H groups in total. The number of hydrogen-bond acceptors (Lipinski definition) is 5. The van der Waals surface area contributed by atoms with Gasteiger partial charge in [-0.3, -0.25) is 4.98 Å². The lowest BCUT2D eigenvalue weighted by molar-refractivity contribution is 0.155. The van der Waals surface area contributed by atoms with Gasteiger partial charge < -0.3 is 19.9 Å². The van der Waals surface area contributed by atoms with Crippen molar-refractivity contribution >= 4 is 0 Å². The lowest BCUT2D eigenvalue weighted by Gasteiger charge is -2.08. The maximum Gasteiger partial charge on any atom is 0.137 e. The van der Waals surface area contributed by atoms with Crippen molar-refractivity contribution in [1.29, 1.82) is 0 Å². The number of aliphatic hydroxyl groups is 1. The maximum atomic E-state index is 9.10. The average Bonchev–Trinajstić information content (AvgIpc) is 2.36. The van der Waals surface area contributed by atoms with Crippen LogP contribution in [-0.2, 0) is 11.3 Å². The molecule has 1 unspecified atom stereocenters. The highest BCUT2D eigenvalue weighted by Crippen LogP contribution is 2.09. The summed E-state index contributed by atoms with van der Waals surface area (Å²) in [4.78, 5) is 4.28. The smallest absolute Gasteiger partial charge is 0.137 e. The largest absolute Gasteiger partial charge is 0.492 e. The van der Waals surface area contributed by atoms with Gasteiger partial charge in [0.05, 0.1) is 31.2 Å². The number of ether oxygens (including phenoxy) is 2. The molecular weight excluding hydrogens is 232 g/mol. The SMILES string of the molecule is COCCNCc1ccc(OCCC(C)O)cn1. The van der Waals surface area contributed by atoms with Crippen molar-refractivity contribution in [2.45, 2.75) is 26.0 Å². The van der Waals surface area contributed by atoms with Gasteiger partial charge in [0.15, 0.2) is 0 Å². The molecule has 0 spiro atoms. The molecule has 0 fully saturated rings. The number of methoxy groups -OCH3 is 1. The van der Waals surface area contributed by atoms with Gasteiger partial charge in [-0.25, -0.2) is 0 Å². The van der Waals surface area contributed by atoms with Crippen molar-refractivity contribution in [2.75, 3.05) is 26.9 Å². The van der Waals surface area contributed by atoms with E-state index in [2.05, 4.69) is 10.3 Å². The van der Waals surface area contributed by atoms with E-state index in [9.17, 15) is 0 Å². The van der Waals surface area contributed by atoms with Crippen molar-refractivity contribution < 1.29 is 14.6 Å². The van der Waals surface area contributed by atoms with Crippen LogP contribution in [0.1, 0.15) is 19.0 Å². The van der Waals surface area contributed by atoms with Crippen LogP contribution in [0.5, 0.6) is 5.75 Å². The van der Waals surface area contributed by atoms with Crippen LogP contribution in [0, 0.1) is 0 Å². The molecule has 0 amide bonds. The number of aliphatic hydroxyl groups excluding tert-OH is 1. The molecule has 0 aliphatic heterocycles. The van der Waals surface area contributed by atoms with Gasteiger partial charge in [-0.05, 0) is 19.1 Å². The third-order valence-electron chi connectivity index (χ3n) is 2.39. The van der Waals surface area contributed by atoms with E-state index < -0.39 is 0 Å². The van der Waals surface area contributed by atoms with E-state index in [1.54, 1.807) is 20.2 Å². The Kier molecular flexibility index (Phi) is 7.32. The quantitative estimate of drug-likeness (QED) is 0.643. The number of hydrogen-bond donors (Lipinski definition) is 2. The Hall–Kier alpha value is -1.17. The average molecular weight is 254 g/mol. The molecule has 1 atom stereocenters. The van der Waals surface area contributed by atoms with Crippen LogP contribution in [0.25, 0.3) is 0 Å². The molecule has 1 heterocycles. The molecule has 1 rings (SSSR count). The molecule has 0 aliphatic carbocycles. The zero-order valence-electron chi connectivity index (χ0n) is 11.1. The second-order valence-electron chi connectivity index (χ2n) is 4.14. The fourth-order valence-corrected chi connectivity index (χ4v) is 1.34. The molecule has 5 nitrogen and oxygen atoms in total. The van der Waals surface area contributed by atoms with Crippen LogP contribution in [0.15, 0.2) is 18.3 Å². The summed E-state index contributed by atoms with van der Waals surface area (Å²) < 4.78 is 10.4. The van der Waals surface area contributed by atoms with E-state index in [1.165, 1.54) is 0 Å². The Morgan fingerprint density at radius 2 is 2.22 bits per heavy atom. The summed E-state index contributed by atoms with van der Waals surface area (Å²) in [6.45, 7) is 4.48. The molecule has 0 radical (unpaired) electrons. The zero-order valence-corrected chi connectivity index (χ0v) is 11.1. The van der Waals surface area contributed by atoms with E-state index in [0.717, 1.165) is 24.5 Å².